The summed E-state index contributed by atoms with van der Waals surface area (Å²) in [6.45, 7) is 3.58. The van der Waals surface area contributed by atoms with Gasteiger partial charge in [-0.25, -0.2) is 0 Å². The highest BCUT2D eigenvalue weighted by Crippen LogP contribution is 2.34. The first kappa shape index (κ1) is 12.0. The Balaban J connectivity index is 1.75. The number of carbonyl (C=O) groups is 2. The fraction of sp³-hybridized carbons (Fsp3) is 0.857. The molecule has 100 valence electrons. The number of amides is 2. The number of nitrogens with zero attached hydrogens (tertiary/aromatic N) is 2. The summed E-state index contributed by atoms with van der Waals surface area (Å²) < 4.78 is 0. The minimum absolute atomic E-state index is 0.139. The first-order valence-electron chi connectivity index (χ1n) is 7.33. The molecule has 2 atom stereocenters. The van der Waals surface area contributed by atoms with Crippen molar-refractivity contribution < 1.29 is 9.59 Å². The Kier molecular flexibility index (Phi) is 3.04. The Bertz CT molecular complexity index is 365. The molecule has 4 nitrogen and oxygen atoms in total. The van der Waals surface area contributed by atoms with Crippen molar-refractivity contribution in [3.8, 4) is 0 Å². The van der Waals surface area contributed by atoms with Crippen LogP contribution < -0.4 is 0 Å². The summed E-state index contributed by atoms with van der Waals surface area (Å²) >= 11 is 0. The van der Waals surface area contributed by atoms with Crippen LogP contribution in [0.1, 0.15) is 45.4 Å². The molecule has 1 saturated carbocycles. The van der Waals surface area contributed by atoms with Crippen LogP contribution in [0.25, 0.3) is 0 Å². The first-order chi connectivity index (χ1) is 8.72. The van der Waals surface area contributed by atoms with Gasteiger partial charge in [0, 0.05) is 13.1 Å². The molecule has 4 heteroatoms. The van der Waals surface area contributed by atoms with Crippen molar-refractivity contribution in [3.63, 3.8) is 0 Å². The van der Waals surface area contributed by atoms with Crippen LogP contribution in [0, 0.1) is 5.92 Å². The standard InChI is InChI=1S/C14H22N2O2/c1-2-11-13(17)15-8-3-4-12(15)14(18)16(11)9-7-10-5-6-10/h10-12H,2-9H2,1H3. The maximum Gasteiger partial charge on any atom is 0.246 e. The summed E-state index contributed by atoms with van der Waals surface area (Å²) in [5, 5.41) is 0. The topological polar surface area (TPSA) is 40.6 Å². The van der Waals surface area contributed by atoms with Crippen molar-refractivity contribution in [3.05, 3.63) is 0 Å². The lowest BCUT2D eigenvalue weighted by molar-refractivity contribution is -0.159. The highest BCUT2D eigenvalue weighted by atomic mass is 16.2. The Morgan fingerprint density at radius 1 is 1.17 bits per heavy atom. The highest BCUT2D eigenvalue weighted by Gasteiger charge is 2.46. The third-order valence-corrected chi connectivity index (χ3v) is 4.63. The quantitative estimate of drug-likeness (QED) is 0.756. The molecular formula is C14H22N2O2. The number of carbonyl (C=O) groups excluding carboxylic acids is 2. The van der Waals surface area contributed by atoms with E-state index in [1.807, 2.05) is 16.7 Å². The fourth-order valence-electron chi connectivity index (χ4n) is 3.35. The van der Waals surface area contributed by atoms with Gasteiger partial charge in [-0.1, -0.05) is 19.8 Å². The van der Waals surface area contributed by atoms with Gasteiger partial charge in [0.1, 0.15) is 12.1 Å². The van der Waals surface area contributed by atoms with Gasteiger partial charge in [-0.3, -0.25) is 9.59 Å². The molecule has 3 rings (SSSR count). The Morgan fingerprint density at radius 2 is 1.94 bits per heavy atom. The number of piperazine rings is 1. The van der Waals surface area contributed by atoms with E-state index in [9.17, 15) is 9.59 Å². The summed E-state index contributed by atoms with van der Waals surface area (Å²) in [6, 6.07) is -0.329. The monoisotopic (exact) mass is 250 g/mol. The molecule has 0 spiro atoms. The van der Waals surface area contributed by atoms with Gasteiger partial charge in [-0.2, -0.15) is 0 Å². The molecule has 0 N–H and O–H groups in total. The van der Waals surface area contributed by atoms with E-state index in [-0.39, 0.29) is 23.9 Å². The largest absolute Gasteiger partial charge is 0.329 e. The van der Waals surface area contributed by atoms with Crippen LogP contribution in [0.2, 0.25) is 0 Å². The average Bonchev–Trinajstić information content (AvgIpc) is 3.05. The van der Waals surface area contributed by atoms with Crippen LogP contribution in [0.4, 0.5) is 0 Å². The van der Waals surface area contributed by atoms with E-state index in [4.69, 9.17) is 0 Å². The predicted octanol–water partition coefficient (Wildman–Crippen LogP) is 1.40. The zero-order valence-corrected chi connectivity index (χ0v) is 11.1. The van der Waals surface area contributed by atoms with E-state index in [1.54, 1.807) is 0 Å². The molecule has 0 bridgehead atoms. The molecule has 3 aliphatic rings. The summed E-state index contributed by atoms with van der Waals surface area (Å²) in [6.07, 6.45) is 6.29. The fourth-order valence-corrected chi connectivity index (χ4v) is 3.35. The van der Waals surface area contributed by atoms with Crippen LogP contribution in [-0.2, 0) is 9.59 Å². The second kappa shape index (κ2) is 4.56. The summed E-state index contributed by atoms with van der Waals surface area (Å²) in [5.41, 5.74) is 0. The molecule has 2 saturated heterocycles. The van der Waals surface area contributed by atoms with Gasteiger partial charge in [0.2, 0.25) is 11.8 Å². The Hall–Kier alpha value is -1.06. The zero-order chi connectivity index (χ0) is 12.7. The van der Waals surface area contributed by atoms with Gasteiger partial charge in [-0.05, 0) is 31.6 Å². The number of hydrogen-bond acceptors (Lipinski definition) is 2. The van der Waals surface area contributed by atoms with Crippen molar-refractivity contribution in [2.45, 2.75) is 57.5 Å². The van der Waals surface area contributed by atoms with Gasteiger partial charge in [0.25, 0.3) is 0 Å². The number of fused-ring (bicyclic) bond motifs is 1. The van der Waals surface area contributed by atoms with E-state index in [1.165, 1.54) is 12.8 Å². The van der Waals surface area contributed by atoms with Gasteiger partial charge >= 0.3 is 0 Å². The lowest BCUT2D eigenvalue weighted by Crippen LogP contribution is -2.62. The molecule has 2 unspecified atom stereocenters. The number of rotatable bonds is 4. The molecule has 0 radical (unpaired) electrons. The molecule has 0 aromatic carbocycles. The lowest BCUT2D eigenvalue weighted by Gasteiger charge is -2.42. The second-order valence-electron chi connectivity index (χ2n) is 5.88. The summed E-state index contributed by atoms with van der Waals surface area (Å²) in [5.74, 6) is 1.21. The van der Waals surface area contributed by atoms with Crippen molar-refractivity contribution >= 4 is 11.8 Å². The molecule has 0 aromatic heterocycles. The highest BCUT2D eigenvalue weighted by molar-refractivity contribution is 5.97. The lowest BCUT2D eigenvalue weighted by atomic mass is 10.0. The van der Waals surface area contributed by atoms with E-state index >= 15 is 0 Å². The van der Waals surface area contributed by atoms with E-state index in [2.05, 4.69) is 0 Å². The molecule has 18 heavy (non-hydrogen) atoms. The van der Waals surface area contributed by atoms with Crippen LogP contribution in [0.5, 0.6) is 0 Å². The minimum Gasteiger partial charge on any atom is -0.329 e. The normalized spacial score (nSPS) is 32.1. The van der Waals surface area contributed by atoms with Gasteiger partial charge in [0.05, 0.1) is 0 Å². The average molecular weight is 250 g/mol. The number of hydrogen-bond donors (Lipinski definition) is 0. The third-order valence-electron chi connectivity index (χ3n) is 4.63. The SMILES string of the molecule is CCC1C(=O)N2CCCC2C(=O)N1CCC1CC1. The van der Waals surface area contributed by atoms with Crippen molar-refractivity contribution in [2.75, 3.05) is 13.1 Å². The Morgan fingerprint density at radius 3 is 2.61 bits per heavy atom. The van der Waals surface area contributed by atoms with Crippen molar-refractivity contribution in [1.29, 1.82) is 0 Å². The Labute approximate surface area is 108 Å². The minimum atomic E-state index is -0.189. The van der Waals surface area contributed by atoms with Crippen LogP contribution in [0.3, 0.4) is 0 Å². The van der Waals surface area contributed by atoms with Crippen LogP contribution in [0.15, 0.2) is 0 Å². The second-order valence-corrected chi connectivity index (χ2v) is 5.88. The van der Waals surface area contributed by atoms with Crippen molar-refractivity contribution in [1.82, 2.24) is 9.80 Å². The van der Waals surface area contributed by atoms with Crippen LogP contribution >= 0.6 is 0 Å². The molecular weight excluding hydrogens is 228 g/mol. The zero-order valence-electron chi connectivity index (χ0n) is 11.1. The molecule has 3 fully saturated rings. The predicted molar refractivity (Wildman–Crippen MR) is 67.9 cm³/mol. The first-order valence-corrected chi connectivity index (χ1v) is 7.33. The molecule has 2 heterocycles. The van der Waals surface area contributed by atoms with Gasteiger partial charge in [-0.15, -0.1) is 0 Å². The summed E-state index contributed by atoms with van der Waals surface area (Å²) in [4.78, 5) is 28.6. The molecule has 1 aliphatic carbocycles. The van der Waals surface area contributed by atoms with Gasteiger partial charge in [0.15, 0.2) is 0 Å². The molecule has 2 aliphatic heterocycles. The summed E-state index contributed by atoms with van der Waals surface area (Å²) in [7, 11) is 0. The maximum atomic E-state index is 12.5. The van der Waals surface area contributed by atoms with Crippen LogP contribution in [-0.4, -0.2) is 46.8 Å². The van der Waals surface area contributed by atoms with E-state index in [0.29, 0.717) is 0 Å². The van der Waals surface area contributed by atoms with E-state index < -0.39 is 0 Å². The van der Waals surface area contributed by atoms with Gasteiger partial charge < -0.3 is 9.80 Å². The third kappa shape index (κ3) is 1.91. The molecule has 2 amide bonds. The maximum absolute atomic E-state index is 12.5. The van der Waals surface area contributed by atoms with E-state index in [0.717, 1.165) is 44.7 Å². The molecule has 0 aromatic rings. The van der Waals surface area contributed by atoms with Crippen molar-refractivity contribution in [2.24, 2.45) is 5.92 Å². The smallest absolute Gasteiger partial charge is 0.246 e.